The molecule has 0 N–H and O–H groups in total. The average molecular weight is 335 g/mol. The van der Waals surface area contributed by atoms with Crippen molar-refractivity contribution >= 4 is 5.71 Å². The molecule has 0 amide bonds. The summed E-state index contributed by atoms with van der Waals surface area (Å²) in [7, 11) is 0. The predicted molar refractivity (Wildman–Crippen MR) is 97.9 cm³/mol. The number of hydrogen-bond acceptors (Lipinski definition) is 1. The normalized spacial score (nSPS) is 11.8. The van der Waals surface area contributed by atoms with Crippen molar-refractivity contribution < 1.29 is 8.78 Å². The van der Waals surface area contributed by atoms with Gasteiger partial charge in [-0.1, -0.05) is 73.7 Å². The Morgan fingerprint density at radius 1 is 0.800 bits per heavy atom. The van der Waals surface area contributed by atoms with Gasteiger partial charge in [0.2, 0.25) is 0 Å². The van der Waals surface area contributed by atoms with Gasteiger partial charge in [0.25, 0.3) is 0 Å². The third-order valence-electron chi connectivity index (χ3n) is 4.09. The zero-order valence-corrected chi connectivity index (χ0v) is 14.0. The molecule has 0 bridgehead atoms. The van der Waals surface area contributed by atoms with E-state index in [0.29, 0.717) is 12.0 Å². The maximum atomic E-state index is 13.6. The Bertz CT molecular complexity index is 816. The third-order valence-corrected chi connectivity index (χ3v) is 4.09. The smallest absolute Gasteiger partial charge is 0.159 e. The summed E-state index contributed by atoms with van der Waals surface area (Å²) in [6, 6.07) is 23.5. The maximum Gasteiger partial charge on any atom is 0.159 e. The standard InChI is InChI=1S/C22H19F2N/c1-2-21(18-13-14-19(23)20(24)15-18)25-22(16-9-5-3-6-10-16)17-11-7-4-8-12-17/h3-15,21H,2H2,1H3. The van der Waals surface area contributed by atoms with Crippen molar-refractivity contribution in [1.82, 2.24) is 0 Å². The molecule has 25 heavy (non-hydrogen) atoms. The van der Waals surface area contributed by atoms with Gasteiger partial charge in [-0.3, -0.25) is 4.99 Å². The van der Waals surface area contributed by atoms with Crippen LogP contribution in [0.2, 0.25) is 0 Å². The van der Waals surface area contributed by atoms with Crippen molar-refractivity contribution in [1.29, 1.82) is 0 Å². The monoisotopic (exact) mass is 335 g/mol. The van der Waals surface area contributed by atoms with Crippen LogP contribution in [0.15, 0.2) is 83.9 Å². The quantitative estimate of drug-likeness (QED) is 0.511. The number of rotatable bonds is 5. The molecule has 3 aromatic carbocycles. The zero-order chi connectivity index (χ0) is 17.6. The van der Waals surface area contributed by atoms with Crippen LogP contribution in [-0.4, -0.2) is 5.71 Å². The summed E-state index contributed by atoms with van der Waals surface area (Å²) in [6.45, 7) is 1.99. The van der Waals surface area contributed by atoms with Gasteiger partial charge in [0, 0.05) is 11.1 Å². The highest BCUT2D eigenvalue weighted by atomic mass is 19.2. The van der Waals surface area contributed by atoms with Gasteiger partial charge in [-0.25, -0.2) is 8.78 Å². The van der Waals surface area contributed by atoms with E-state index in [9.17, 15) is 8.78 Å². The van der Waals surface area contributed by atoms with Crippen LogP contribution in [0.1, 0.15) is 36.1 Å². The molecule has 3 heteroatoms. The van der Waals surface area contributed by atoms with Gasteiger partial charge in [0.05, 0.1) is 11.8 Å². The molecule has 3 aromatic rings. The molecule has 3 rings (SSSR count). The van der Waals surface area contributed by atoms with Gasteiger partial charge in [0.15, 0.2) is 11.6 Å². The van der Waals surface area contributed by atoms with E-state index < -0.39 is 11.6 Å². The molecule has 0 aromatic heterocycles. The minimum Gasteiger partial charge on any atom is -0.276 e. The second kappa shape index (κ2) is 7.84. The fourth-order valence-corrected chi connectivity index (χ4v) is 2.78. The lowest BCUT2D eigenvalue weighted by Gasteiger charge is -2.15. The molecule has 0 heterocycles. The average Bonchev–Trinajstić information content (AvgIpc) is 2.66. The molecule has 0 saturated carbocycles. The van der Waals surface area contributed by atoms with Crippen molar-refractivity contribution in [2.45, 2.75) is 19.4 Å². The Kier molecular flexibility index (Phi) is 5.34. The summed E-state index contributed by atoms with van der Waals surface area (Å²) in [6.07, 6.45) is 0.689. The Hall–Kier alpha value is -2.81. The molecular formula is C22H19F2N. The van der Waals surface area contributed by atoms with Crippen molar-refractivity contribution in [3.63, 3.8) is 0 Å². The summed E-state index contributed by atoms with van der Waals surface area (Å²) in [5.74, 6) is -1.68. The largest absolute Gasteiger partial charge is 0.276 e. The Labute approximate surface area is 146 Å². The SMILES string of the molecule is CCC(N=C(c1ccccc1)c1ccccc1)c1ccc(F)c(F)c1. The topological polar surface area (TPSA) is 12.4 Å². The van der Waals surface area contributed by atoms with E-state index in [1.54, 1.807) is 6.07 Å². The van der Waals surface area contributed by atoms with Gasteiger partial charge in [-0.05, 0) is 24.1 Å². The van der Waals surface area contributed by atoms with Crippen LogP contribution in [0, 0.1) is 11.6 Å². The molecule has 126 valence electrons. The van der Waals surface area contributed by atoms with Crippen LogP contribution >= 0.6 is 0 Å². The molecule has 1 atom stereocenters. The molecule has 0 aliphatic carbocycles. The minimum atomic E-state index is -0.841. The summed E-state index contributed by atoms with van der Waals surface area (Å²) < 4.78 is 26.9. The van der Waals surface area contributed by atoms with Crippen LogP contribution in [0.25, 0.3) is 0 Å². The lowest BCUT2D eigenvalue weighted by atomic mass is 10.00. The number of halogens is 2. The van der Waals surface area contributed by atoms with E-state index in [1.165, 1.54) is 6.07 Å². The van der Waals surface area contributed by atoms with Gasteiger partial charge < -0.3 is 0 Å². The van der Waals surface area contributed by atoms with E-state index in [1.807, 2.05) is 67.6 Å². The van der Waals surface area contributed by atoms with Crippen molar-refractivity contribution in [3.8, 4) is 0 Å². The molecule has 0 aliphatic rings. The predicted octanol–water partition coefficient (Wildman–Crippen LogP) is 5.95. The van der Waals surface area contributed by atoms with Crippen molar-refractivity contribution in [2.75, 3.05) is 0 Å². The van der Waals surface area contributed by atoms with Crippen molar-refractivity contribution in [2.24, 2.45) is 4.99 Å². The zero-order valence-electron chi connectivity index (χ0n) is 14.0. The van der Waals surface area contributed by atoms with Gasteiger partial charge in [0.1, 0.15) is 0 Å². The molecule has 0 spiro atoms. The summed E-state index contributed by atoms with van der Waals surface area (Å²) in [5, 5.41) is 0. The molecule has 0 saturated heterocycles. The number of benzene rings is 3. The number of aliphatic imine (C=N–C) groups is 1. The Morgan fingerprint density at radius 3 is 1.84 bits per heavy atom. The van der Waals surface area contributed by atoms with Crippen LogP contribution in [0.4, 0.5) is 8.78 Å². The van der Waals surface area contributed by atoms with Crippen molar-refractivity contribution in [3.05, 3.63) is 107 Å². The van der Waals surface area contributed by atoms with Crippen LogP contribution < -0.4 is 0 Å². The van der Waals surface area contributed by atoms with E-state index in [4.69, 9.17) is 4.99 Å². The highest BCUT2D eigenvalue weighted by Crippen LogP contribution is 2.25. The highest BCUT2D eigenvalue weighted by Gasteiger charge is 2.14. The molecule has 1 nitrogen and oxygen atoms in total. The van der Waals surface area contributed by atoms with Crippen LogP contribution in [-0.2, 0) is 0 Å². The molecular weight excluding hydrogens is 316 g/mol. The summed E-state index contributed by atoms with van der Waals surface area (Å²) in [5.41, 5.74) is 3.51. The van der Waals surface area contributed by atoms with E-state index in [-0.39, 0.29) is 6.04 Å². The van der Waals surface area contributed by atoms with E-state index in [0.717, 1.165) is 22.9 Å². The van der Waals surface area contributed by atoms with Crippen LogP contribution in [0.3, 0.4) is 0 Å². The third kappa shape index (κ3) is 4.00. The first-order valence-electron chi connectivity index (χ1n) is 8.32. The van der Waals surface area contributed by atoms with E-state index >= 15 is 0 Å². The van der Waals surface area contributed by atoms with E-state index in [2.05, 4.69) is 0 Å². The van der Waals surface area contributed by atoms with Crippen LogP contribution in [0.5, 0.6) is 0 Å². The number of nitrogens with zero attached hydrogens (tertiary/aromatic N) is 1. The Balaban J connectivity index is 2.08. The first kappa shape index (κ1) is 17.0. The highest BCUT2D eigenvalue weighted by molar-refractivity contribution is 6.12. The lowest BCUT2D eigenvalue weighted by Crippen LogP contribution is -2.07. The Morgan fingerprint density at radius 2 is 1.36 bits per heavy atom. The first-order chi connectivity index (χ1) is 12.2. The van der Waals surface area contributed by atoms with Gasteiger partial charge >= 0.3 is 0 Å². The fourth-order valence-electron chi connectivity index (χ4n) is 2.78. The molecule has 0 radical (unpaired) electrons. The second-order valence-corrected chi connectivity index (χ2v) is 5.81. The second-order valence-electron chi connectivity index (χ2n) is 5.81. The summed E-state index contributed by atoms with van der Waals surface area (Å²) >= 11 is 0. The van der Waals surface area contributed by atoms with Gasteiger partial charge in [-0.2, -0.15) is 0 Å². The molecule has 0 aliphatic heterocycles. The lowest BCUT2D eigenvalue weighted by molar-refractivity contribution is 0.505. The maximum absolute atomic E-state index is 13.6. The van der Waals surface area contributed by atoms with Gasteiger partial charge in [-0.15, -0.1) is 0 Å². The molecule has 0 fully saturated rings. The number of hydrogen-bond donors (Lipinski definition) is 0. The molecule has 1 unspecified atom stereocenters. The minimum absolute atomic E-state index is 0.245. The first-order valence-corrected chi connectivity index (χ1v) is 8.32. The summed E-state index contributed by atoms with van der Waals surface area (Å²) in [4.78, 5) is 4.90. The fraction of sp³-hybridized carbons (Fsp3) is 0.136.